The monoisotopic (exact) mass is 217 g/mol. The van der Waals surface area contributed by atoms with Crippen molar-refractivity contribution < 1.29 is 14.6 Å². The topological polar surface area (TPSA) is 50.7 Å². The second kappa shape index (κ2) is 6.43. The molecule has 15 heavy (non-hydrogen) atoms. The Hall–Kier alpha value is -0.160. The van der Waals surface area contributed by atoms with Crippen molar-refractivity contribution >= 4 is 0 Å². The fraction of sp³-hybridized carbons (Fsp3) is 1.00. The number of aliphatic hydroxyl groups excluding tert-OH is 1. The zero-order valence-electron chi connectivity index (χ0n) is 9.79. The van der Waals surface area contributed by atoms with Crippen LogP contribution in [0.3, 0.4) is 0 Å². The first-order chi connectivity index (χ1) is 7.16. The Kier molecular flexibility index (Phi) is 5.53. The summed E-state index contributed by atoms with van der Waals surface area (Å²) < 4.78 is 10.1. The van der Waals surface area contributed by atoms with Crippen LogP contribution >= 0.6 is 0 Å². The van der Waals surface area contributed by atoms with Crippen molar-refractivity contribution in [3.63, 3.8) is 0 Å². The van der Waals surface area contributed by atoms with Crippen LogP contribution in [0.15, 0.2) is 0 Å². The third-order valence-corrected chi connectivity index (χ3v) is 2.96. The maximum Gasteiger partial charge on any atom is 0.0897 e. The maximum absolute atomic E-state index is 9.60. The first-order valence-corrected chi connectivity index (χ1v) is 5.66. The smallest absolute Gasteiger partial charge is 0.0897 e. The van der Waals surface area contributed by atoms with E-state index in [0.29, 0.717) is 26.4 Å². The number of ether oxygens (including phenoxy) is 2. The van der Waals surface area contributed by atoms with Crippen LogP contribution in [0, 0.1) is 0 Å². The van der Waals surface area contributed by atoms with Crippen LogP contribution in [0.2, 0.25) is 0 Å². The normalized spacial score (nSPS) is 21.0. The van der Waals surface area contributed by atoms with Gasteiger partial charge in [0.15, 0.2) is 0 Å². The zero-order chi connectivity index (χ0) is 11.1. The van der Waals surface area contributed by atoms with Crippen molar-refractivity contribution in [2.45, 2.75) is 37.8 Å². The number of hydrogen-bond donors (Lipinski definition) is 2. The Morgan fingerprint density at radius 1 is 1.40 bits per heavy atom. The van der Waals surface area contributed by atoms with Crippen LogP contribution in [-0.2, 0) is 9.47 Å². The van der Waals surface area contributed by atoms with Crippen molar-refractivity contribution in [1.82, 2.24) is 5.32 Å². The van der Waals surface area contributed by atoms with E-state index in [2.05, 4.69) is 12.2 Å². The molecule has 1 unspecified atom stereocenters. The van der Waals surface area contributed by atoms with Crippen LogP contribution in [0.25, 0.3) is 0 Å². The van der Waals surface area contributed by atoms with Crippen molar-refractivity contribution in [3.8, 4) is 0 Å². The number of hydrogen-bond acceptors (Lipinski definition) is 4. The molecular weight excluding hydrogens is 194 g/mol. The maximum atomic E-state index is 9.60. The Bertz CT molecular complexity index is 171. The second-order valence-corrected chi connectivity index (χ2v) is 4.52. The molecule has 1 rings (SSSR count). The fourth-order valence-corrected chi connectivity index (χ4v) is 1.67. The molecule has 1 aliphatic carbocycles. The minimum atomic E-state index is -0.417. The highest BCUT2D eigenvalue weighted by atomic mass is 16.5. The highest BCUT2D eigenvalue weighted by Gasteiger charge is 2.31. The standard InChI is InChI=1S/C11H23NO3/c1-11(4-3-5-11)12-8-10(13)9-15-7-6-14-2/h10,12-13H,3-9H2,1-2H3. The lowest BCUT2D eigenvalue weighted by molar-refractivity contribution is 0.00884. The molecule has 0 spiro atoms. The minimum Gasteiger partial charge on any atom is -0.389 e. The summed E-state index contributed by atoms with van der Waals surface area (Å²) in [4.78, 5) is 0. The van der Waals surface area contributed by atoms with Crippen molar-refractivity contribution in [2.75, 3.05) is 33.5 Å². The Balaban J connectivity index is 1.95. The molecule has 0 aliphatic heterocycles. The summed E-state index contributed by atoms with van der Waals surface area (Å²) in [5.41, 5.74) is 0.257. The lowest BCUT2D eigenvalue weighted by Crippen LogP contribution is -2.51. The summed E-state index contributed by atoms with van der Waals surface area (Å²) >= 11 is 0. The lowest BCUT2D eigenvalue weighted by Gasteiger charge is -2.40. The number of rotatable bonds is 8. The van der Waals surface area contributed by atoms with Crippen LogP contribution in [0.4, 0.5) is 0 Å². The minimum absolute atomic E-state index is 0.257. The average Bonchev–Trinajstić information content (AvgIpc) is 2.19. The van der Waals surface area contributed by atoms with E-state index in [9.17, 15) is 5.11 Å². The largest absolute Gasteiger partial charge is 0.389 e. The Labute approximate surface area is 92.0 Å². The Morgan fingerprint density at radius 3 is 2.67 bits per heavy atom. The molecule has 0 bridgehead atoms. The van der Waals surface area contributed by atoms with E-state index < -0.39 is 6.10 Å². The van der Waals surface area contributed by atoms with E-state index in [4.69, 9.17) is 9.47 Å². The van der Waals surface area contributed by atoms with Gasteiger partial charge in [0.05, 0.1) is 25.9 Å². The van der Waals surface area contributed by atoms with Gasteiger partial charge in [0.25, 0.3) is 0 Å². The molecule has 0 amide bonds. The van der Waals surface area contributed by atoms with E-state index in [0.717, 1.165) is 0 Å². The van der Waals surface area contributed by atoms with Gasteiger partial charge in [0, 0.05) is 19.2 Å². The van der Waals surface area contributed by atoms with E-state index in [1.807, 2.05) is 0 Å². The molecule has 0 aromatic carbocycles. The van der Waals surface area contributed by atoms with Crippen molar-refractivity contribution in [2.24, 2.45) is 0 Å². The molecule has 0 aromatic rings. The third kappa shape index (κ3) is 4.93. The quantitative estimate of drug-likeness (QED) is 0.583. The van der Waals surface area contributed by atoms with Gasteiger partial charge in [-0.25, -0.2) is 0 Å². The van der Waals surface area contributed by atoms with Crippen molar-refractivity contribution in [1.29, 1.82) is 0 Å². The lowest BCUT2D eigenvalue weighted by atomic mass is 9.78. The van der Waals surface area contributed by atoms with Crippen LogP contribution < -0.4 is 5.32 Å². The van der Waals surface area contributed by atoms with E-state index in [-0.39, 0.29) is 5.54 Å². The van der Waals surface area contributed by atoms with Gasteiger partial charge in [-0.3, -0.25) is 0 Å². The Morgan fingerprint density at radius 2 is 2.13 bits per heavy atom. The molecule has 90 valence electrons. The third-order valence-electron chi connectivity index (χ3n) is 2.96. The molecule has 0 radical (unpaired) electrons. The van der Waals surface area contributed by atoms with Gasteiger partial charge in [0.1, 0.15) is 0 Å². The van der Waals surface area contributed by atoms with Crippen LogP contribution in [-0.4, -0.2) is 50.2 Å². The molecule has 0 saturated heterocycles. The van der Waals surface area contributed by atoms with Gasteiger partial charge >= 0.3 is 0 Å². The molecular formula is C11H23NO3. The molecule has 1 fully saturated rings. The molecule has 1 saturated carbocycles. The van der Waals surface area contributed by atoms with E-state index >= 15 is 0 Å². The first kappa shape index (κ1) is 12.9. The molecule has 2 N–H and O–H groups in total. The van der Waals surface area contributed by atoms with Gasteiger partial charge in [-0.1, -0.05) is 0 Å². The fourth-order valence-electron chi connectivity index (χ4n) is 1.67. The molecule has 1 atom stereocenters. The van der Waals surface area contributed by atoms with E-state index in [1.165, 1.54) is 19.3 Å². The van der Waals surface area contributed by atoms with Crippen LogP contribution in [0.1, 0.15) is 26.2 Å². The van der Waals surface area contributed by atoms with Crippen LogP contribution in [0.5, 0.6) is 0 Å². The first-order valence-electron chi connectivity index (χ1n) is 5.66. The summed E-state index contributed by atoms with van der Waals surface area (Å²) in [5, 5.41) is 13.0. The summed E-state index contributed by atoms with van der Waals surface area (Å²) in [6, 6.07) is 0. The predicted molar refractivity (Wildman–Crippen MR) is 59.0 cm³/mol. The van der Waals surface area contributed by atoms with E-state index in [1.54, 1.807) is 7.11 Å². The number of methoxy groups -OCH3 is 1. The van der Waals surface area contributed by atoms with Gasteiger partial charge in [-0.05, 0) is 26.2 Å². The number of nitrogens with one attached hydrogen (secondary N) is 1. The number of aliphatic hydroxyl groups is 1. The molecule has 1 aliphatic rings. The summed E-state index contributed by atoms with van der Waals surface area (Å²) in [7, 11) is 1.64. The highest BCUT2D eigenvalue weighted by Crippen LogP contribution is 2.30. The van der Waals surface area contributed by atoms with Gasteiger partial charge in [-0.15, -0.1) is 0 Å². The average molecular weight is 217 g/mol. The summed E-state index contributed by atoms with van der Waals surface area (Å²) in [6.07, 6.45) is 3.30. The van der Waals surface area contributed by atoms with Gasteiger partial charge in [0.2, 0.25) is 0 Å². The summed E-state index contributed by atoms with van der Waals surface area (Å²) in [6.45, 7) is 4.33. The predicted octanol–water partition coefficient (Wildman–Crippen LogP) is 0.542. The van der Waals surface area contributed by atoms with Crippen molar-refractivity contribution in [3.05, 3.63) is 0 Å². The number of β-amino-alcohol motifs (C(OH)–C–C–N with tert-alkyl or cyclic N) is 1. The highest BCUT2D eigenvalue weighted by molar-refractivity contribution is 4.91. The molecule has 0 heterocycles. The molecule has 4 heteroatoms. The van der Waals surface area contributed by atoms with Gasteiger partial charge in [-0.2, -0.15) is 0 Å². The van der Waals surface area contributed by atoms with Gasteiger partial charge < -0.3 is 19.9 Å². The molecule has 0 aromatic heterocycles. The molecule has 4 nitrogen and oxygen atoms in total. The zero-order valence-corrected chi connectivity index (χ0v) is 9.79. The second-order valence-electron chi connectivity index (χ2n) is 4.52. The SMILES string of the molecule is COCCOCC(O)CNC1(C)CCC1. The summed E-state index contributed by atoms with van der Waals surface area (Å²) in [5.74, 6) is 0.